The van der Waals surface area contributed by atoms with Gasteiger partial charge in [-0.25, -0.2) is 0 Å². The fraction of sp³-hybridized carbons (Fsp3) is 0.0667. The highest BCUT2D eigenvalue weighted by atomic mass is 35.5. The SMILES string of the molecule is Clc1nncn1-c1ccc2c(c1)Cc1ccccc1-2. The molecule has 4 rings (SSSR count). The highest BCUT2D eigenvalue weighted by Gasteiger charge is 2.18. The predicted molar refractivity (Wildman–Crippen MR) is 74.6 cm³/mol. The highest BCUT2D eigenvalue weighted by molar-refractivity contribution is 6.28. The van der Waals surface area contributed by atoms with Gasteiger partial charge in [0, 0.05) is 5.69 Å². The second-order valence-corrected chi connectivity index (χ2v) is 4.98. The van der Waals surface area contributed by atoms with Gasteiger partial charge in [0.2, 0.25) is 5.28 Å². The third-order valence-corrected chi connectivity index (χ3v) is 3.82. The van der Waals surface area contributed by atoms with Crippen LogP contribution < -0.4 is 0 Å². The molecule has 0 N–H and O–H groups in total. The molecular weight excluding hydrogens is 258 g/mol. The van der Waals surface area contributed by atoms with E-state index < -0.39 is 0 Å². The number of nitrogens with zero attached hydrogens (tertiary/aromatic N) is 3. The molecule has 1 heterocycles. The Bertz CT molecular complexity index is 777. The summed E-state index contributed by atoms with van der Waals surface area (Å²) < 4.78 is 1.78. The Kier molecular flexibility index (Phi) is 2.23. The van der Waals surface area contributed by atoms with E-state index in [1.165, 1.54) is 22.3 Å². The number of halogens is 1. The van der Waals surface area contributed by atoms with Crippen LogP contribution in [-0.4, -0.2) is 14.8 Å². The molecule has 0 radical (unpaired) electrons. The van der Waals surface area contributed by atoms with Crippen LogP contribution in [0.4, 0.5) is 0 Å². The van der Waals surface area contributed by atoms with Crippen molar-refractivity contribution in [1.29, 1.82) is 0 Å². The fourth-order valence-corrected chi connectivity index (χ4v) is 2.86. The van der Waals surface area contributed by atoms with Gasteiger partial charge < -0.3 is 0 Å². The van der Waals surface area contributed by atoms with Gasteiger partial charge in [-0.15, -0.1) is 10.2 Å². The number of hydrogen-bond donors (Lipinski definition) is 0. The number of benzene rings is 2. The molecule has 1 aromatic heterocycles. The Labute approximate surface area is 115 Å². The predicted octanol–water partition coefficient (Wildman–Crippen LogP) is 3.49. The third-order valence-electron chi connectivity index (χ3n) is 3.56. The van der Waals surface area contributed by atoms with Crippen molar-refractivity contribution in [1.82, 2.24) is 14.8 Å². The van der Waals surface area contributed by atoms with E-state index in [1.807, 2.05) is 0 Å². The van der Waals surface area contributed by atoms with Crippen LogP contribution in [0.3, 0.4) is 0 Å². The van der Waals surface area contributed by atoms with Crippen LogP contribution in [0, 0.1) is 0 Å². The lowest BCUT2D eigenvalue weighted by Crippen LogP contribution is -1.93. The second kappa shape index (κ2) is 3.93. The van der Waals surface area contributed by atoms with Crippen LogP contribution in [0.1, 0.15) is 11.1 Å². The van der Waals surface area contributed by atoms with E-state index in [1.54, 1.807) is 10.9 Å². The van der Waals surface area contributed by atoms with E-state index in [2.05, 4.69) is 52.7 Å². The average molecular weight is 268 g/mol. The Morgan fingerprint density at radius 3 is 2.68 bits per heavy atom. The summed E-state index contributed by atoms with van der Waals surface area (Å²) >= 11 is 6.00. The van der Waals surface area contributed by atoms with Crippen LogP contribution >= 0.6 is 11.6 Å². The third kappa shape index (κ3) is 1.59. The minimum Gasteiger partial charge on any atom is -0.272 e. The van der Waals surface area contributed by atoms with Crippen molar-refractivity contribution in [2.75, 3.05) is 0 Å². The van der Waals surface area contributed by atoms with Crippen LogP contribution in [-0.2, 0) is 6.42 Å². The Morgan fingerprint density at radius 1 is 1.00 bits per heavy atom. The Hall–Kier alpha value is -2.13. The summed E-state index contributed by atoms with van der Waals surface area (Å²) in [6, 6.07) is 14.9. The summed E-state index contributed by atoms with van der Waals surface area (Å²) in [6.07, 6.45) is 2.60. The smallest absolute Gasteiger partial charge is 0.229 e. The monoisotopic (exact) mass is 267 g/mol. The van der Waals surface area contributed by atoms with Crippen molar-refractivity contribution in [2.45, 2.75) is 6.42 Å². The molecule has 0 spiro atoms. The average Bonchev–Trinajstić information content (AvgIpc) is 3.01. The molecule has 0 saturated carbocycles. The van der Waals surface area contributed by atoms with E-state index in [0.717, 1.165) is 12.1 Å². The largest absolute Gasteiger partial charge is 0.272 e. The molecule has 92 valence electrons. The topological polar surface area (TPSA) is 30.7 Å². The second-order valence-electron chi connectivity index (χ2n) is 4.65. The lowest BCUT2D eigenvalue weighted by Gasteiger charge is -2.06. The number of rotatable bonds is 1. The van der Waals surface area contributed by atoms with Gasteiger partial charge in [0.05, 0.1) is 0 Å². The minimum atomic E-state index is 0.385. The van der Waals surface area contributed by atoms with Crippen LogP contribution in [0.5, 0.6) is 0 Å². The van der Waals surface area contributed by atoms with Gasteiger partial charge in [0.15, 0.2) is 0 Å². The van der Waals surface area contributed by atoms with E-state index in [0.29, 0.717) is 5.28 Å². The fourth-order valence-electron chi connectivity index (χ4n) is 2.68. The van der Waals surface area contributed by atoms with E-state index in [4.69, 9.17) is 11.6 Å². The quantitative estimate of drug-likeness (QED) is 0.528. The molecule has 3 aromatic rings. The van der Waals surface area contributed by atoms with Crippen molar-refractivity contribution in [3.8, 4) is 16.8 Å². The molecule has 4 heteroatoms. The summed E-state index contributed by atoms with van der Waals surface area (Å²) in [6.45, 7) is 0. The molecule has 0 aliphatic heterocycles. The normalized spacial score (nSPS) is 12.3. The maximum atomic E-state index is 6.00. The summed E-state index contributed by atoms with van der Waals surface area (Å²) in [5, 5.41) is 8.00. The molecule has 19 heavy (non-hydrogen) atoms. The molecule has 0 amide bonds. The molecule has 0 unspecified atom stereocenters. The first-order valence-corrected chi connectivity index (χ1v) is 6.48. The molecule has 0 atom stereocenters. The van der Waals surface area contributed by atoms with E-state index in [9.17, 15) is 0 Å². The number of hydrogen-bond acceptors (Lipinski definition) is 2. The summed E-state index contributed by atoms with van der Waals surface area (Å²) in [5.74, 6) is 0. The minimum absolute atomic E-state index is 0.385. The van der Waals surface area contributed by atoms with Gasteiger partial charge in [-0.2, -0.15) is 0 Å². The van der Waals surface area contributed by atoms with Crippen molar-refractivity contribution >= 4 is 11.6 Å². The highest BCUT2D eigenvalue weighted by Crippen LogP contribution is 2.37. The van der Waals surface area contributed by atoms with Gasteiger partial charge in [-0.1, -0.05) is 30.3 Å². The first kappa shape index (κ1) is 10.8. The molecule has 3 nitrogen and oxygen atoms in total. The maximum Gasteiger partial charge on any atom is 0.229 e. The Morgan fingerprint density at radius 2 is 1.84 bits per heavy atom. The lowest BCUT2D eigenvalue weighted by molar-refractivity contribution is 1.05. The number of fused-ring (bicyclic) bond motifs is 3. The van der Waals surface area contributed by atoms with E-state index in [-0.39, 0.29) is 0 Å². The van der Waals surface area contributed by atoms with Gasteiger partial charge in [0.25, 0.3) is 0 Å². The first-order chi connectivity index (χ1) is 9.33. The van der Waals surface area contributed by atoms with E-state index >= 15 is 0 Å². The van der Waals surface area contributed by atoms with Crippen LogP contribution in [0.15, 0.2) is 48.8 Å². The molecule has 0 fully saturated rings. The van der Waals surface area contributed by atoms with Crippen LogP contribution in [0.2, 0.25) is 5.28 Å². The first-order valence-electron chi connectivity index (χ1n) is 6.10. The molecule has 0 bridgehead atoms. The molecule has 1 aliphatic carbocycles. The van der Waals surface area contributed by atoms with Crippen molar-refractivity contribution in [3.05, 3.63) is 65.2 Å². The summed E-state index contributed by atoms with van der Waals surface area (Å²) in [4.78, 5) is 0. The van der Waals surface area contributed by atoms with Gasteiger partial charge in [0.1, 0.15) is 6.33 Å². The zero-order valence-corrected chi connectivity index (χ0v) is 10.8. The zero-order valence-electron chi connectivity index (χ0n) is 10.0. The molecule has 1 aliphatic rings. The Balaban J connectivity index is 1.86. The summed E-state index contributed by atoms with van der Waals surface area (Å²) in [5.41, 5.74) is 6.34. The maximum absolute atomic E-state index is 6.00. The number of aromatic nitrogens is 3. The van der Waals surface area contributed by atoms with Gasteiger partial charge >= 0.3 is 0 Å². The van der Waals surface area contributed by atoms with Crippen molar-refractivity contribution in [2.24, 2.45) is 0 Å². The molecule has 2 aromatic carbocycles. The molecular formula is C15H10ClN3. The van der Waals surface area contributed by atoms with Crippen LogP contribution in [0.25, 0.3) is 16.8 Å². The summed E-state index contributed by atoms with van der Waals surface area (Å²) in [7, 11) is 0. The van der Waals surface area contributed by atoms with Gasteiger partial charge in [-0.05, 0) is 52.4 Å². The standard InChI is InChI=1S/C15H10ClN3/c16-15-18-17-9-19(15)12-5-6-14-11(8-12)7-10-3-1-2-4-13(10)14/h1-6,8-9H,7H2. The molecule has 0 saturated heterocycles. The van der Waals surface area contributed by atoms with Crippen molar-refractivity contribution in [3.63, 3.8) is 0 Å². The van der Waals surface area contributed by atoms with Crippen molar-refractivity contribution < 1.29 is 0 Å². The lowest BCUT2D eigenvalue weighted by atomic mass is 10.1. The zero-order chi connectivity index (χ0) is 12.8. The van der Waals surface area contributed by atoms with Gasteiger partial charge in [-0.3, -0.25) is 4.57 Å².